The van der Waals surface area contributed by atoms with E-state index in [-0.39, 0.29) is 11.8 Å². The molecule has 96 valence electrons. The number of carboxylic acids is 1. The molecule has 2 aliphatic carbocycles. The molecule has 0 spiro atoms. The van der Waals surface area contributed by atoms with E-state index in [4.69, 9.17) is 5.11 Å². The first-order valence-corrected chi connectivity index (χ1v) is 7.04. The maximum absolute atomic E-state index is 12.0. The quantitative estimate of drug-likeness (QED) is 0.883. The first kappa shape index (κ1) is 11.7. The summed E-state index contributed by atoms with van der Waals surface area (Å²) < 4.78 is 0. The second kappa shape index (κ2) is 4.09. The first-order valence-electron chi connectivity index (χ1n) is 6.22. The minimum absolute atomic E-state index is 0.0721. The molecule has 3 rings (SSSR count). The van der Waals surface area contributed by atoms with Crippen molar-refractivity contribution in [3.05, 3.63) is 16.5 Å². The number of amides is 1. The molecule has 5 heteroatoms. The number of aryl methyl sites for hydroxylation is 1. The van der Waals surface area contributed by atoms with Gasteiger partial charge in [-0.15, -0.1) is 11.3 Å². The summed E-state index contributed by atoms with van der Waals surface area (Å²) in [5.41, 5.74) is 0.707. The first-order chi connectivity index (χ1) is 8.58. The van der Waals surface area contributed by atoms with Crippen molar-refractivity contribution in [3.63, 3.8) is 0 Å². The molecule has 1 heterocycles. The van der Waals surface area contributed by atoms with Crippen molar-refractivity contribution in [2.45, 2.75) is 26.2 Å². The number of hydrogen-bond donors (Lipinski definition) is 2. The molecule has 0 radical (unpaired) electrons. The van der Waals surface area contributed by atoms with Gasteiger partial charge in [0.15, 0.2) is 0 Å². The number of carboxylic acid groups (broad SMARTS) is 1. The van der Waals surface area contributed by atoms with Gasteiger partial charge >= 0.3 is 5.97 Å². The fraction of sp³-hybridized carbons (Fsp3) is 0.538. The summed E-state index contributed by atoms with van der Waals surface area (Å²) in [6, 6.07) is 1.74. The van der Waals surface area contributed by atoms with Crippen LogP contribution in [-0.4, -0.2) is 17.0 Å². The lowest BCUT2D eigenvalue weighted by atomic mass is 10.1. The van der Waals surface area contributed by atoms with Crippen molar-refractivity contribution in [1.29, 1.82) is 0 Å². The van der Waals surface area contributed by atoms with Crippen LogP contribution in [-0.2, 0) is 4.79 Å². The van der Waals surface area contributed by atoms with Gasteiger partial charge in [0.25, 0.3) is 0 Å². The summed E-state index contributed by atoms with van der Waals surface area (Å²) in [4.78, 5) is 23.3. The van der Waals surface area contributed by atoms with Crippen molar-refractivity contribution in [3.8, 4) is 0 Å². The molecule has 2 unspecified atom stereocenters. The Labute approximate surface area is 109 Å². The highest BCUT2D eigenvalue weighted by Gasteiger charge is 2.56. The Morgan fingerprint density at radius 2 is 2.06 bits per heavy atom. The molecule has 2 fully saturated rings. The maximum Gasteiger partial charge on any atom is 0.346 e. The highest BCUT2D eigenvalue weighted by Crippen LogP contribution is 2.57. The summed E-state index contributed by atoms with van der Waals surface area (Å²) in [5.74, 6) is 0.494. The molecular formula is C13H15NO3S. The SMILES string of the molecule is Cc1cc(NC(=O)C2C3CCCC32)sc1C(=O)O. The molecule has 0 aromatic carbocycles. The minimum Gasteiger partial charge on any atom is -0.477 e. The van der Waals surface area contributed by atoms with Crippen LogP contribution in [0.2, 0.25) is 0 Å². The standard InChI is InChI=1S/C13H15NO3S/c1-6-5-9(18-11(6)13(16)17)14-12(15)10-7-3-2-4-8(7)10/h5,7-8,10H,2-4H2,1H3,(H,14,15)(H,16,17). The van der Waals surface area contributed by atoms with Crippen molar-refractivity contribution in [1.82, 2.24) is 0 Å². The Bertz CT molecular complexity index is 512. The smallest absolute Gasteiger partial charge is 0.346 e. The van der Waals surface area contributed by atoms with Crippen molar-refractivity contribution in [2.75, 3.05) is 5.32 Å². The third-order valence-corrected chi connectivity index (χ3v) is 5.21. The molecule has 0 saturated heterocycles. The van der Waals surface area contributed by atoms with E-state index in [2.05, 4.69) is 5.32 Å². The minimum atomic E-state index is -0.929. The highest BCUT2D eigenvalue weighted by molar-refractivity contribution is 7.18. The topological polar surface area (TPSA) is 66.4 Å². The van der Waals surface area contributed by atoms with E-state index in [0.717, 1.165) is 11.3 Å². The van der Waals surface area contributed by atoms with Gasteiger partial charge in [0.1, 0.15) is 4.88 Å². The summed E-state index contributed by atoms with van der Waals surface area (Å²) in [7, 11) is 0. The molecule has 0 bridgehead atoms. The normalized spacial score (nSPS) is 28.8. The van der Waals surface area contributed by atoms with Gasteiger partial charge in [-0.25, -0.2) is 4.79 Å². The van der Waals surface area contributed by atoms with Crippen LogP contribution in [0.15, 0.2) is 6.07 Å². The number of nitrogens with one attached hydrogen (secondary N) is 1. The average molecular weight is 265 g/mol. The van der Waals surface area contributed by atoms with Gasteiger partial charge in [-0.1, -0.05) is 6.42 Å². The molecule has 1 aromatic heterocycles. The van der Waals surface area contributed by atoms with E-state index >= 15 is 0 Å². The van der Waals surface area contributed by atoms with Crippen LogP contribution in [0.5, 0.6) is 0 Å². The van der Waals surface area contributed by atoms with E-state index in [1.165, 1.54) is 19.3 Å². The number of aromatic carboxylic acids is 1. The Kier molecular flexibility index (Phi) is 2.66. The lowest BCUT2D eigenvalue weighted by molar-refractivity contribution is -0.118. The molecular weight excluding hydrogens is 250 g/mol. The van der Waals surface area contributed by atoms with E-state index in [1.807, 2.05) is 0 Å². The van der Waals surface area contributed by atoms with Crippen molar-refractivity contribution < 1.29 is 14.7 Å². The van der Waals surface area contributed by atoms with E-state index in [9.17, 15) is 9.59 Å². The molecule has 2 saturated carbocycles. The molecule has 18 heavy (non-hydrogen) atoms. The fourth-order valence-electron chi connectivity index (χ4n) is 3.17. The molecule has 4 nitrogen and oxygen atoms in total. The predicted octanol–water partition coefficient (Wildman–Crippen LogP) is 2.74. The van der Waals surface area contributed by atoms with Crippen LogP contribution in [0.3, 0.4) is 0 Å². The summed E-state index contributed by atoms with van der Waals surface area (Å²) >= 11 is 1.14. The van der Waals surface area contributed by atoms with Gasteiger partial charge in [0, 0.05) is 5.92 Å². The van der Waals surface area contributed by atoms with Crippen LogP contribution >= 0.6 is 11.3 Å². The lowest BCUT2D eigenvalue weighted by Crippen LogP contribution is -2.15. The molecule has 2 N–H and O–H groups in total. The average Bonchev–Trinajstić information content (AvgIpc) is 2.67. The van der Waals surface area contributed by atoms with E-state index in [1.54, 1.807) is 13.0 Å². The summed E-state index contributed by atoms with van der Waals surface area (Å²) in [5, 5.41) is 12.5. The zero-order chi connectivity index (χ0) is 12.9. The predicted molar refractivity (Wildman–Crippen MR) is 69.0 cm³/mol. The lowest BCUT2D eigenvalue weighted by Gasteiger charge is -2.03. The van der Waals surface area contributed by atoms with Crippen molar-refractivity contribution in [2.24, 2.45) is 17.8 Å². The number of fused-ring (bicyclic) bond motifs is 1. The Balaban J connectivity index is 1.68. The van der Waals surface area contributed by atoms with Gasteiger partial charge in [0.05, 0.1) is 5.00 Å². The third kappa shape index (κ3) is 1.82. The number of carbonyl (C=O) groups is 2. The molecule has 1 amide bonds. The van der Waals surface area contributed by atoms with Crippen LogP contribution < -0.4 is 5.32 Å². The van der Waals surface area contributed by atoms with E-state index in [0.29, 0.717) is 27.3 Å². The number of hydrogen-bond acceptors (Lipinski definition) is 3. The van der Waals surface area contributed by atoms with Crippen LogP contribution in [0.25, 0.3) is 0 Å². The van der Waals surface area contributed by atoms with Gasteiger partial charge < -0.3 is 10.4 Å². The van der Waals surface area contributed by atoms with Gasteiger partial charge in [-0.05, 0) is 43.2 Å². The second-order valence-electron chi connectivity index (χ2n) is 5.20. The maximum atomic E-state index is 12.0. The number of thiophene rings is 1. The zero-order valence-electron chi connectivity index (χ0n) is 10.1. The van der Waals surface area contributed by atoms with Crippen LogP contribution in [0.1, 0.15) is 34.5 Å². The van der Waals surface area contributed by atoms with Gasteiger partial charge in [0.2, 0.25) is 5.91 Å². The largest absolute Gasteiger partial charge is 0.477 e. The highest BCUT2D eigenvalue weighted by atomic mass is 32.1. The summed E-state index contributed by atoms with van der Waals surface area (Å²) in [6.45, 7) is 1.75. The van der Waals surface area contributed by atoms with Crippen LogP contribution in [0, 0.1) is 24.7 Å². The number of rotatable bonds is 3. The zero-order valence-corrected chi connectivity index (χ0v) is 10.9. The Morgan fingerprint density at radius 1 is 1.39 bits per heavy atom. The monoisotopic (exact) mass is 265 g/mol. The molecule has 1 aromatic rings. The molecule has 0 aliphatic heterocycles. The summed E-state index contributed by atoms with van der Waals surface area (Å²) in [6.07, 6.45) is 3.60. The Hall–Kier alpha value is -1.36. The van der Waals surface area contributed by atoms with Crippen LogP contribution in [0.4, 0.5) is 5.00 Å². The second-order valence-corrected chi connectivity index (χ2v) is 6.25. The molecule has 2 atom stereocenters. The van der Waals surface area contributed by atoms with Gasteiger partial charge in [-0.2, -0.15) is 0 Å². The number of carbonyl (C=O) groups excluding carboxylic acids is 1. The Morgan fingerprint density at radius 3 is 2.61 bits per heavy atom. The third-order valence-electron chi connectivity index (χ3n) is 4.07. The number of anilines is 1. The molecule has 2 aliphatic rings. The van der Waals surface area contributed by atoms with E-state index < -0.39 is 5.97 Å². The van der Waals surface area contributed by atoms with Gasteiger partial charge in [-0.3, -0.25) is 4.79 Å². The fourth-order valence-corrected chi connectivity index (χ4v) is 4.09. The van der Waals surface area contributed by atoms with Crippen molar-refractivity contribution >= 4 is 28.2 Å².